The van der Waals surface area contributed by atoms with Gasteiger partial charge in [-0.05, 0) is 0 Å². The SMILES string of the molecule is [Ba+2].[Ca+2].[H-].[H-].[H-].[H-].[H-].[H-].[Mg+2].[Nb].[O]=[Ta]. The van der Waals surface area contributed by atoms with Crippen LogP contribution in [0.25, 0.3) is 0 Å². The quantitative estimate of drug-likeness (QED) is 0.409. The summed E-state index contributed by atoms with van der Waals surface area (Å²) in [5.74, 6) is 0. The molecule has 0 N–H and O–H groups in total. The van der Waals surface area contributed by atoms with E-state index in [0.717, 1.165) is 0 Å². The third kappa shape index (κ3) is 23.2. The maximum absolute atomic E-state index is 8.36. The normalized spacial score (nSPS) is 0.500. The van der Waals surface area contributed by atoms with Gasteiger partial charge in [0.2, 0.25) is 0 Å². The fourth-order valence-corrected chi connectivity index (χ4v) is 0. The molecule has 0 atom stereocenters. The molecular formula is H6BaCaMgNbOTa. The third-order valence-electron chi connectivity index (χ3n) is 0. The van der Waals surface area contributed by atoms with Crippen LogP contribution in [0, 0.1) is 0 Å². The molecule has 0 saturated carbocycles. The second kappa shape index (κ2) is 32.7. The summed E-state index contributed by atoms with van der Waals surface area (Å²) in [4.78, 5) is 0. The Balaban J connectivity index is -0.000000000111. The van der Waals surface area contributed by atoms with Gasteiger partial charge in [-0.25, -0.2) is 0 Å². The second-order valence-corrected chi connectivity index (χ2v) is 0. The molecule has 0 aromatic rings. The third-order valence-corrected chi connectivity index (χ3v) is 0. The Bertz CT molecular complexity index is 27.5. The van der Waals surface area contributed by atoms with Crippen molar-refractivity contribution in [1.29, 1.82) is 0 Å². The summed E-state index contributed by atoms with van der Waals surface area (Å²) in [6.45, 7) is 0. The predicted octanol–water partition coefficient (Wildman–Crippen LogP) is -0.591. The summed E-state index contributed by atoms with van der Waals surface area (Å²) >= 11 is 0.194. The molecule has 0 rings (SSSR count). The zero-order valence-electron chi connectivity index (χ0n) is 9.42. The van der Waals surface area contributed by atoms with E-state index < -0.39 is 0 Å². The Hall–Kier alpha value is 4.88. The molecule has 1 nitrogen and oxygen atoms in total. The Morgan fingerprint density at radius 3 is 1.33 bits per heavy atom. The Morgan fingerprint density at radius 1 is 1.33 bits per heavy atom. The topological polar surface area (TPSA) is 17.1 Å². The van der Waals surface area contributed by atoms with Gasteiger partial charge in [0.1, 0.15) is 0 Å². The van der Waals surface area contributed by atoms with Crippen LogP contribution in [0.1, 0.15) is 8.56 Å². The van der Waals surface area contributed by atoms with Crippen molar-refractivity contribution in [3.63, 3.8) is 0 Å². The molecule has 6 heavy (non-hydrogen) atoms. The molecule has 1 radical (unpaired) electrons. The van der Waals surface area contributed by atoms with E-state index in [1.807, 2.05) is 0 Å². The van der Waals surface area contributed by atoms with E-state index in [1.54, 1.807) is 0 Å². The standard InChI is InChI=1S/Ba.Ca.Mg.Nb.O.Ta.6H/q3*+2;;;;6*-1. The van der Waals surface area contributed by atoms with Crippen LogP contribution in [0.4, 0.5) is 0 Å². The molecule has 0 aliphatic heterocycles. The molecule has 0 aliphatic rings. The Morgan fingerprint density at radius 2 is 1.33 bits per heavy atom. The van der Waals surface area contributed by atoms with Gasteiger partial charge in [0.25, 0.3) is 0 Å². The first-order chi connectivity index (χ1) is 1.00. The van der Waals surface area contributed by atoms with E-state index in [4.69, 9.17) is 3.25 Å². The van der Waals surface area contributed by atoms with Gasteiger partial charge in [-0.3, -0.25) is 0 Å². The van der Waals surface area contributed by atoms with Crippen molar-refractivity contribution in [3.05, 3.63) is 0 Å². The summed E-state index contributed by atoms with van der Waals surface area (Å²) < 4.78 is 8.36. The molecule has 0 saturated heterocycles. The molecule has 0 bridgehead atoms. The van der Waals surface area contributed by atoms with Crippen LogP contribution >= 0.6 is 0 Å². The van der Waals surface area contributed by atoms with Gasteiger partial charge in [-0.1, -0.05) is 0 Å². The molecule has 28 valence electrons. The van der Waals surface area contributed by atoms with E-state index in [1.165, 1.54) is 0 Å². The average molecular weight is 498 g/mol. The van der Waals surface area contributed by atoms with Crippen molar-refractivity contribution >= 4 is 110 Å². The van der Waals surface area contributed by atoms with Crippen molar-refractivity contribution in [1.82, 2.24) is 0 Å². The number of hydrogen-bond donors (Lipinski definition) is 0. The fraction of sp³-hybridized carbons (Fsp3) is 0. The van der Waals surface area contributed by atoms with E-state index in [0.29, 0.717) is 0 Å². The molecule has 0 aromatic carbocycles. The number of rotatable bonds is 0. The monoisotopic (exact) mass is 498 g/mol. The van der Waals surface area contributed by atoms with Gasteiger partial charge in [0.05, 0.1) is 0 Å². The van der Waals surface area contributed by atoms with E-state index in [9.17, 15) is 0 Å². The summed E-state index contributed by atoms with van der Waals surface area (Å²) in [5.41, 5.74) is 0. The molecule has 0 spiro atoms. The van der Waals surface area contributed by atoms with Gasteiger partial charge in [0, 0.05) is 22.4 Å². The van der Waals surface area contributed by atoms with Crippen LogP contribution in [-0.4, -0.2) is 110 Å². The van der Waals surface area contributed by atoms with Crippen molar-refractivity contribution in [3.8, 4) is 0 Å². The van der Waals surface area contributed by atoms with Gasteiger partial charge in [-0.2, -0.15) is 0 Å². The van der Waals surface area contributed by atoms with Crippen molar-refractivity contribution in [2.45, 2.75) is 0 Å². The zero-order chi connectivity index (χ0) is 2.00. The molecule has 0 amide bonds. The Kier molecular flexibility index (Phi) is 168. The van der Waals surface area contributed by atoms with Crippen LogP contribution in [0.2, 0.25) is 0 Å². The number of hydrogen-bond acceptors (Lipinski definition) is 1. The van der Waals surface area contributed by atoms with Crippen LogP contribution in [-0.2, 0) is 46.7 Å². The summed E-state index contributed by atoms with van der Waals surface area (Å²) in [5, 5.41) is 0. The fourth-order valence-electron chi connectivity index (χ4n) is 0. The van der Waals surface area contributed by atoms with E-state index >= 15 is 0 Å². The molecule has 0 heterocycles. The van der Waals surface area contributed by atoms with Crippen LogP contribution < -0.4 is 0 Å². The second-order valence-electron chi connectivity index (χ2n) is 0. The molecule has 0 fully saturated rings. The van der Waals surface area contributed by atoms with Gasteiger partial charge in [-0.15, -0.1) is 0 Å². The minimum absolute atomic E-state index is 0. The Labute approximate surface area is 160 Å². The molecule has 0 aliphatic carbocycles. The van der Waals surface area contributed by atoms with Gasteiger partial charge < -0.3 is 8.56 Å². The van der Waals surface area contributed by atoms with E-state index in [-0.39, 0.29) is 162 Å². The van der Waals surface area contributed by atoms with Gasteiger partial charge >= 0.3 is 134 Å². The zero-order valence-corrected chi connectivity index (χ0v) is 16.9. The van der Waals surface area contributed by atoms with Crippen molar-refractivity contribution in [2.75, 3.05) is 0 Å². The average Bonchev–Trinajstić information content (AvgIpc) is 1.00. The van der Waals surface area contributed by atoms with Crippen molar-refractivity contribution in [2.24, 2.45) is 0 Å². The molecular weight excluding hydrogens is 492 g/mol. The van der Waals surface area contributed by atoms with E-state index in [2.05, 4.69) is 0 Å². The first-order valence-corrected chi connectivity index (χ1v) is 1.49. The maximum atomic E-state index is 8.36. The molecule has 0 unspecified atom stereocenters. The predicted molar refractivity (Wildman–Crippen MR) is 24.6 cm³/mol. The van der Waals surface area contributed by atoms with Crippen LogP contribution in [0.5, 0.6) is 0 Å². The van der Waals surface area contributed by atoms with Crippen LogP contribution in [0.15, 0.2) is 0 Å². The van der Waals surface area contributed by atoms with Gasteiger partial charge in [0.15, 0.2) is 0 Å². The molecule has 0 aromatic heterocycles. The van der Waals surface area contributed by atoms with Crippen molar-refractivity contribution < 1.29 is 55.2 Å². The first-order valence-electron chi connectivity index (χ1n) is 0.183. The van der Waals surface area contributed by atoms with Crippen LogP contribution in [0.3, 0.4) is 0 Å². The summed E-state index contributed by atoms with van der Waals surface area (Å²) in [6.07, 6.45) is 0. The first kappa shape index (κ1) is 30.7. The summed E-state index contributed by atoms with van der Waals surface area (Å²) in [7, 11) is 0. The minimum atomic E-state index is 0. The summed E-state index contributed by atoms with van der Waals surface area (Å²) in [6, 6.07) is 0. The molecule has 6 heteroatoms.